The lowest BCUT2D eigenvalue weighted by atomic mass is 10.1. The van der Waals surface area contributed by atoms with Gasteiger partial charge in [-0.05, 0) is 20.8 Å². The van der Waals surface area contributed by atoms with Crippen molar-refractivity contribution in [2.24, 2.45) is 0 Å². The van der Waals surface area contributed by atoms with Crippen LogP contribution < -0.4 is 5.32 Å². The minimum atomic E-state index is -1.61. The molecule has 0 radical (unpaired) electrons. The average molecular weight is 289 g/mol. The van der Waals surface area contributed by atoms with Crippen molar-refractivity contribution in [1.29, 1.82) is 0 Å². The molecule has 20 heavy (non-hydrogen) atoms. The Morgan fingerprint density at radius 2 is 1.75 bits per heavy atom. The van der Waals surface area contributed by atoms with E-state index in [-0.39, 0.29) is 6.29 Å². The topological polar surface area (TPSA) is 55.4 Å². The molecule has 1 N–H and O–H groups in total. The van der Waals surface area contributed by atoms with Gasteiger partial charge in [0.15, 0.2) is 0 Å². The molecule has 1 aromatic carbocycles. The summed E-state index contributed by atoms with van der Waals surface area (Å²) in [6.45, 7) is 4.75. The molecule has 1 rings (SSSR count). The number of rotatable bonds is 3. The molecule has 0 spiro atoms. The quantitative estimate of drug-likeness (QED) is 0.870. The van der Waals surface area contributed by atoms with Crippen molar-refractivity contribution in [2.75, 3.05) is 0 Å². The zero-order valence-corrected chi connectivity index (χ0v) is 11.2. The van der Waals surface area contributed by atoms with Crippen LogP contribution in [0.4, 0.5) is 18.0 Å². The summed E-state index contributed by atoms with van der Waals surface area (Å²) < 4.78 is 44.7. The van der Waals surface area contributed by atoms with Crippen molar-refractivity contribution in [3.05, 3.63) is 35.1 Å². The van der Waals surface area contributed by atoms with Crippen molar-refractivity contribution in [3.8, 4) is 0 Å². The number of amides is 1. The number of benzene rings is 1. The van der Waals surface area contributed by atoms with E-state index < -0.39 is 40.8 Å². The van der Waals surface area contributed by atoms with E-state index >= 15 is 0 Å². The zero-order chi connectivity index (χ0) is 15.5. The number of ether oxygens (including phenoxy) is 1. The predicted octanol–water partition coefficient (Wildman–Crippen LogP) is 2.87. The van der Waals surface area contributed by atoms with Crippen LogP contribution in [0.3, 0.4) is 0 Å². The molecule has 0 heterocycles. The number of hydrogen-bond acceptors (Lipinski definition) is 3. The van der Waals surface area contributed by atoms with Crippen LogP contribution in [0.2, 0.25) is 0 Å². The van der Waals surface area contributed by atoms with Gasteiger partial charge in [0, 0.05) is 12.1 Å². The van der Waals surface area contributed by atoms with E-state index in [1.54, 1.807) is 20.8 Å². The van der Waals surface area contributed by atoms with Gasteiger partial charge in [-0.15, -0.1) is 0 Å². The minimum absolute atomic E-state index is 0.128. The van der Waals surface area contributed by atoms with Gasteiger partial charge < -0.3 is 14.8 Å². The Morgan fingerprint density at radius 3 is 2.15 bits per heavy atom. The van der Waals surface area contributed by atoms with E-state index in [4.69, 9.17) is 4.74 Å². The fourth-order valence-corrected chi connectivity index (χ4v) is 1.46. The summed E-state index contributed by atoms with van der Waals surface area (Å²) in [6, 6.07) is -0.761. The Balaban J connectivity index is 2.98. The molecule has 1 unspecified atom stereocenters. The van der Waals surface area contributed by atoms with Gasteiger partial charge in [0.1, 0.15) is 35.4 Å². The van der Waals surface area contributed by atoms with Gasteiger partial charge in [-0.25, -0.2) is 18.0 Å². The van der Waals surface area contributed by atoms with E-state index in [2.05, 4.69) is 0 Å². The van der Waals surface area contributed by atoms with Crippen molar-refractivity contribution in [3.63, 3.8) is 0 Å². The summed E-state index contributed by atoms with van der Waals surface area (Å²) >= 11 is 0. The highest BCUT2D eigenvalue weighted by Gasteiger charge is 2.25. The summed E-state index contributed by atoms with van der Waals surface area (Å²) in [5, 5.41) is 2.01. The third kappa shape index (κ3) is 4.25. The SMILES string of the molecule is CC(C)(C)OC(=O)NC(C=O)c1c(F)cc(F)cc1F. The molecule has 0 aliphatic heterocycles. The monoisotopic (exact) mass is 289 g/mol. The van der Waals surface area contributed by atoms with Crippen LogP contribution in [0.1, 0.15) is 32.4 Å². The Bertz CT molecular complexity index is 503. The van der Waals surface area contributed by atoms with Gasteiger partial charge in [-0.2, -0.15) is 0 Å². The fraction of sp³-hybridized carbons (Fsp3) is 0.385. The molecule has 0 saturated heterocycles. The molecule has 0 aliphatic rings. The highest BCUT2D eigenvalue weighted by atomic mass is 19.1. The maximum absolute atomic E-state index is 13.5. The molecule has 1 aromatic rings. The number of carbonyl (C=O) groups is 2. The Hall–Kier alpha value is -2.05. The highest BCUT2D eigenvalue weighted by Crippen LogP contribution is 2.21. The fourth-order valence-electron chi connectivity index (χ4n) is 1.46. The third-order valence-electron chi connectivity index (χ3n) is 2.16. The van der Waals surface area contributed by atoms with Crippen LogP contribution in [0.25, 0.3) is 0 Å². The van der Waals surface area contributed by atoms with Crippen LogP contribution in [0.15, 0.2) is 12.1 Å². The first-order chi connectivity index (χ1) is 9.14. The van der Waals surface area contributed by atoms with Crippen LogP contribution in [-0.4, -0.2) is 18.0 Å². The van der Waals surface area contributed by atoms with Crippen LogP contribution in [0.5, 0.6) is 0 Å². The molecule has 1 amide bonds. The smallest absolute Gasteiger partial charge is 0.408 e. The summed E-state index contributed by atoms with van der Waals surface area (Å²) in [7, 11) is 0. The molecule has 0 aliphatic carbocycles. The molecule has 0 saturated carbocycles. The lowest BCUT2D eigenvalue weighted by Gasteiger charge is -2.22. The standard InChI is InChI=1S/C13H14F3NO3/c1-13(2,3)20-12(19)17-10(6-18)11-8(15)4-7(14)5-9(11)16/h4-6,10H,1-3H3,(H,17,19). The molecule has 0 aromatic heterocycles. The molecule has 0 fully saturated rings. The largest absolute Gasteiger partial charge is 0.444 e. The molecule has 110 valence electrons. The van der Waals surface area contributed by atoms with E-state index in [9.17, 15) is 22.8 Å². The second-order valence-corrected chi connectivity index (χ2v) is 5.04. The highest BCUT2D eigenvalue weighted by molar-refractivity contribution is 5.74. The van der Waals surface area contributed by atoms with Crippen molar-refractivity contribution in [1.82, 2.24) is 5.32 Å². The average Bonchev–Trinajstić information content (AvgIpc) is 2.23. The second-order valence-electron chi connectivity index (χ2n) is 5.04. The minimum Gasteiger partial charge on any atom is -0.444 e. The first-order valence-corrected chi connectivity index (χ1v) is 5.73. The maximum Gasteiger partial charge on any atom is 0.408 e. The molecular weight excluding hydrogens is 275 g/mol. The first kappa shape index (κ1) is 16.0. The van der Waals surface area contributed by atoms with Gasteiger partial charge in [0.25, 0.3) is 0 Å². The van der Waals surface area contributed by atoms with E-state index in [1.807, 2.05) is 5.32 Å². The first-order valence-electron chi connectivity index (χ1n) is 5.73. The van der Waals surface area contributed by atoms with Crippen LogP contribution in [0, 0.1) is 17.5 Å². The lowest BCUT2D eigenvalue weighted by Crippen LogP contribution is -2.36. The number of hydrogen-bond donors (Lipinski definition) is 1. The van der Waals surface area contributed by atoms with E-state index in [1.165, 1.54) is 0 Å². The summed E-state index contributed by atoms with van der Waals surface area (Å²) in [6.07, 6.45) is -0.888. The Labute approximate surface area is 113 Å². The van der Waals surface area contributed by atoms with Gasteiger partial charge >= 0.3 is 6.09 Å². The number of nitrogens with one attached hydrogen (secondary N) is 1. The zero-order valence-electron chi connectivity index (χ0n) is 11.2. The van der Waals surface area contributed by atoms with E-state index in [0.717, 1.165) is 0 Å². The third-order valence-corrected chi connectivity index (χ3v) is 2.16. The van der Waals surface area contributed by atoms with Gasteiger partial charge in [0.2, 0.25) is 0 Å². The molecule has 7 heteroatoms. The second kappa shape index (κ2) is 5.94. The predicted molar refractivity (Wildman–Crippen MR) is 64.5 cm³/mol. The summed E-state index contributed by atoms with van der Waals surface area (Å²) in [5.74, 6) is -3.66. The summed E-state index contributed by atoms with van der Waals surface area (Å²) in [5.41, 5.74) is -1.58. The lowest BCUT2D eigenvalue weighted by molar-refractivity contribution is -0.109. The molecular formula is C13H14F3NO3. The molecule has 1 atom stereocenters. The van der Waals surface area contributed by atoms with Gasteiger partial charge in [-0.1, -0.05) is 0 Å². The number of aldehydes is 1. The van der Waals surface area contributed by atoms with Gasteiger partial charge in [0.05, 0.1) is 5.56 Å². The molecule has 4 nitrogen and oxygen atoms in total. The Kier molecular flexibility index (Phi) is 4.75. The Morgan fingerprint density at radius 1 is 1.25 bits per heavy atom. The van der Waals surface area contributed by atoms with Crippen molar-refractivity contribution >= 4 is 12.4 Å². The van der Waals surface area contributed by atoms with Crippen LogP contribution >= 0.6 is 0 Å². The van der Waals surface area contributed by atoms with Crippen molar-refractivity contribution < 1.29 is 27.5 Å². The normalized spacial score (nSPS) is 12.7. The number of alkyl carbamates (subject to hydrolysis) is 1. The summed E-state index contributed by atoms with van der Waals surface area (Å²) in [4.78, 5) is 22.4. The number of carbonyl (C=O) groups excluding carboxylic acids is 2. The number of halogens is 3. The van der Waals surface area contributed by atoms with Crippen LogP contribution in [-0.2, 0) is 9.53 Å². The van der Waals surface area contributed by atoms with Crippen molar-refractivity contribution in [2.45, 2.75) is 32.4 Å². The maximum atomic E-state index is 13.5. The van der Waals surface area contributed by atoms with Gasteiger partial charge in [-0.3, -0.25) is 0 Å². The van der Waals surface area contributed by atoms with E-state index in [0.29, 0.717) is 12.1 Å². The molecule has 0 bridgehead atoms.